The van der Waals surface area contributed by atoms with Gasteiger partial charge in [-0.2, -0.15) is 0 Å². The van der Waals surface area contributed by atoms with Gasteiger partial charge in [-0.1, -0.05) is 12.1 Å². The second kappa shape index (κ2) is 8.35. The van der Waals surface area contributed by atoms with Gasteiger partial charge in [0.15, 0.2) is 5.69 Å². The monoisotopic (exact) mass is 424 g/mol. The number of aromatic nitrogens is 5. The van der Waals surface area contributed by atoms with Crippen LogP contribution in [0.15, 0.2) is 85.7 Å². The molecule has 0 spiro atoms. The zero-order valence-corrected chi connectivity index (χ0v) is 17.3. The summed E-state index contributed by atoms with van der Waals surface area (Å²) in [5, 5.41) is 2.86. The zero-order valence-electron chi connectivity index (χ0n) is 17.3. The van der Waals surface area contributed by atoms with E-state index in [4.69, 9.17) is 9.72 Å². The number of anilines is 1. The first-order chi connectivity index (χ1) is 15.7. The van der Waals surface area contributed by atoms with Crippen molar-refractivity contribution in [2.24, 2.45) is 0 Å². The SMILES string of the molecule is COc1ncccc1NC(=O)c1nc(-c2ccn(Cc3cccnc3)c2)n2ccccc12. The van der Waals surface area contributed by atoms with E-state index in [0.717, 1.165) is 11.1 Å². The van der Waals surface area contributed by atoms with Crippen molar-refractivity contribution >= 4 is 17.1 Å². The van der Waals surface area contributed by atoms with Gasteiger partial charge in [0.1, 0.15) is 11.5 Å². The van der Waals surface area contributed by atoms with Crippen molar-refractivity contribution in [1.29, 1.82) is 0 Å². The number of carbonyl (C=O) groups is 1. The first kappa shape index (κ1) is 19.5. The third kappa shape index (κ3) is 3.69. The normalized spacial score (nSPS) is 10.9. The third-order valence-corrected chi connectivity index (χ3v) is 5.07. The number of ether oxygens (including phenoxy) is 1. The predicted octanol–water partition coefficient (Wildman–Crippen LogP) is 3.90. The van der Waals surface area contributed by atoms with E-state index in [1.165, 1.54) is 7.11 Å². The Morgan fingerprint density at radius 2 is 1.97 bits per heavy atom. The van der Waals surface area contributed by atoms with Gasteiger partial charge in [0, 0.05) is 49.3 Å². The average molecular weight is 424 g/mol. The summed E-state index contributed by atoms with van der Waals surface area (Å²) in [5.41, 5.74) is 3.54. The molecule has 0 bridgehead atoms. The quantitative estimate of drug-likeness (QED) is 0.447. The second-order valence-electron chi connectivity index (χ2n) is 7.19. The number of carbonyl (C=O) groups excluding carboxylic acids is 1. The molecule has 0 saturated carbocycles. The molecule has 32 heavy (non-hydrogen) atoms. The maximum absolute atomic E-state index is 13.1. The highest BCUT2D eigenvalue weighted by molar-refractivity contribution is 6.08. The van der Waals surface area contributed by atoms with Gasteiger partial charge in [0.25, 0.3) is 5.91 Å². The molecule has 5 rings (SSSR count). The maximum atomic E-state index is 13.1. The number of nitrogens with zero attached hydrogens (tertiary/aromatic N) is 5. The molecule has 5 aromatic rings. The van der Waals surface area contributed by atoms with Crippen LogP contribution in [0.25, 0.3) is 16.9 Å². The van der Waals surface area contributed by atoms with Gasteiger partial charge >= 0.3 is 0 Å². The van der Waals surface area contributed by atoms with Gasteiger partial charge in [0.05, 0.1) is 12.6 Å². The standard InChI is InChI=1S/C24H20N6O2/c1-32-24-19(7-5-11-26-24)27-23(31)21-20-8-2-3-12-30(20)22(28-21)18-9-13-29(16-18)15-17-6-4-10-25-14-17/h2-14,16H,15H2,1H3,(H,27,31). The Kier molecular flexibility index (Phi) is 5.09. The molecule has 1 N–H and O–H groups in total. The number of hydrogen-bond donors (Lipinski definition) is 1. The van der Waals surface area contributed by atoms with Crippen LogP contribution in [0.2, 0.25) is 0 Å². The molecule has 0 radical (unpaired) electrons. The molecule has 0 atom stereocenters. The summed E-state index contributed by atoms with van der Waals surface area (Å²) >= 11 is 0. The summed E-state index contributed by atoms with van der Waals surface area (Å²) in [4.78, 5) is 26.1. The van der Waals surface area contributed by atoms with Gasteiger partial charge in [-0.05, 0) is 42.0 Å². The van der Waals surface area contributed by atoms with E-state index >= 15 is 0 Å². The molecule has 0 saturated heterocycles. The molecule has 0 aromatic carbocycles. The molecule has 8 heteroatoms. The molecule has 0 unspecified atom stereocenters. The van der Waals surface area contributed by atoms with Crippen LogP contribution < -0.4 is 10.1 Å². The fourth-order valence-electron chi connectivity index (χ4n) is 3.61. The number of rotatable bonds is 6. The lowest BCUT2D eigenvalue weighted by atomic mass is 10.3. The lowest BCUT2D eigenvalue weighted by Gasteiger charge is -2.07. The summed E-state index contributed by atoms with van der Waals surface area (Å²) < 4.78 is 9.22. The minimum Gasteiger partial charge on any atom is -0.480 e. The number of methoxy groups -OCH3 is 1. The molecule has 5 aromatic heterocycles. The Morgan fingerprint density at radius 3 is 2.81 bits per heavy atom. The molecule has 158 valence electrons. The van der Waals surface area contributed by atoms with Crippen molar-refractivity contribution in [3.63, 3.8) is 0 Å². The van der Waals surface area contributed by atoms with Crippen LogP contribution in [0.5, 0.6) is 5.88 Å². The smallest absolute Gasteiger partial charge is 0.276 e. The molecule has 0 aliphatic carbocycles. The van der Waals surface area contributed by atoms with Crippen molar-refractivity contribution in [2.45, 2.75) is 6.54 Å². The molecule has 0 aliphatic rings. The first-order valence-corrected chi connectivity index (χ1v) is 10.1. The van der Waals surface area contributed by atoms with Gasteiger partial charge in [0.2, 0.25) is 5.88 Å². The van der Waals surface area contributed by atoms with Crippen molar-refractivity contribution in [1.82, 2.24) is 23.9 Å². The van der Waals surface area contributed by atoms with Gasteiger partial charge < -0.3 is 14.6 Å². The van der Waals surface area contributed by atoms with Crippen LogP contribution in [0.3, 0.4) is 0 Å². The molecular formula is C24H20N6O2. The third-order valence-electron chi connectivity index (χ3n) is 5.07. The lowest BCUT2D eigenvalue weighted by Crippen LogP contribution is -2.14. The number of amides is 1. The highest BCUT2D eigenvalue weighted by Crippen LogP contribution is 2.26. The summed E-state index contributed by atoms with van der Waals surface area (Å²) in [6.07, 6.45) is 11.1. The van der Waals surface area contributed by atoms with Crippen LogP contribution in [0.4, 0.5) is 5.69 Å². The number of pyridine rings is 3. The van der Waals surface area contributed by atoms with Gasteiger partial charge in [-0.3, -0.25) is 14.2 Å². The molecule has 0 aliphatic heterocycles. The second-order valence-corrected chi connectivity index (χ2v) is 7.19. The fraction of sp³-hybridized carbons (Fsp3) is 0.0833. The summed E-state index contributed by atoms with van der Waals surface area (Å²) in [7, 11) is 1.51. The summed E-state index contributed by atoms with van der Waals surface area (Å²) in [6, 6.07) is 15.1. The Balaban J connectivity index is 1.49. The minimum absolute atomic E-state index is 0.325. The van der Waals surface area contributed by atoms with Crippen molar-refractivity contribution in [3.8, 4) is 17.3 Å². The molecule has 0 fully saturated rings. The fourth-order valence-corrected chi connectivity index (χ4v) is 3.61. The van der Waals surface area contributed by atoms with Crippen LogP contribution in [-0.2, 0) is 6.54 Å². The van der Waals surface area contributed by atoms with E-state index in [2.05, 4.69) is 19.9 Å². The first-order valence-electron chi connectivity index (χ1n) is 10.1. The van der Waals surface area contributed by atoms with Crippen molar-refractivity contribution < 1.29 is 9.53 Å². The van der Waals surface area contributed by atoms with Crippen LogP contribution >= 0.6 is 0 Å². The Labute approximate surface area is 184 Å². The van der Waals surface area contributed by atoms with Crippen molar-refractivity contribution in [2.75, 3.05) is 12.4 Å². The molecule has 1 amide bonds. The Hall–Kier alpha value is -4.46. The topological polar surface area (TPSA) is 86.3 Å². The highest BCUT2D eigenvalue weighted by atomic mass is 16.5. The average Bonchev–Trinajstić information content (AvgIpc) is 3.45. The minimum atomic E-state index is -0.332. The van der Waals surface area contributed by atoms with E-state index < -0.39 is 0 Å². The Morgan fingerprint density at radius 1 is 1.06 bits per heavy atom. The molecule has 5 heterocycles. The zero-order chi connectivity index (χ0) is 21.9. The van der Waals surface area contributed by atoms with Crippen molar-refractivity contribution in [3.05, 3.63) is 97.0 Å². The molecular weight excluding hydrogens is 404 g/mol. The van der Waals surface area contributed by atoms with Crippen LogP contribution in [0.1, 0.15) is 16.1 Å². The number of fused-ring (bicyclic) bond motifs is 1. The largest absolute Gasteiger partial charge is 0.480 e. The van der Waals surface area contributed by atoms with E-state index in [-0.39, 0.29) is 5.91 Å². The van der Waals surface area contributed by atoms with E-state index in [1.807, 2.05) is 65.6 Å². The number of imidazole rings is 1. The lowest BCUT2D eigenvalue weighted by molar-refractivity contribution is 0.102. The number of hydrogen-bond acceptors (Lipinski definition) is 5. The maximum Gasteiger partial charge on any atom is 0.276 e. The summed E-state index contributed by atoms with van der Waals surface area (Å²) in [6.45, 7) is 0.700. The van der Waals surface area contributed by atoms with E-state index in [1.54, 1.807) is 24.5 Å². The van der Waals surface area contributed by atoms with E-state index in [0.29, 0.717) is 35.1 Å². The number of nitrogens with one attached hydrogen (secondary N) is 1. The van der Waals surface area contributed by atoms with Crippen LogP contribution in [0, 0.1) is 0 Å². The van der Waals surface area contributed by atoms with E-state index in [9.17, 15) is 4.79 Å². The van der Waals surface area contributed by atoms with Gasteiger partial charge in [-0.15, -0.1) is 0 Å². The van der Waals surface area contributed by atoms with Crippen LogP contribution in [-0.4, -0.2) is 36.9 Å². The highest BCUT2D eigenvalue weighted by Gasteiger charge is 2.20. The Bertz CT molecular complexity index is 1390. The summed E-state index contributed by atoms with van der Waals surface area (Å²) in [5.74, 6) is 0.701. The molecule has 8 nitrogen and oxygen atoms in total. The van der Waals surface area contributed by atoms with Gasteiger partial charge in [-0.25, -0.2) is 9.97 Å². The predicted molar refractivity (Wildman–Crippen MR) is 121 cm³/mol.